The van der Waals surface area contributed by atoms with E-state index in [0.29, 0.717) is 0 Å². The van der Waals surface area contributed by atoms with Gasteiger partial charge >= 0.3 is 12.1 Å². The van der Waals surface area contributed by atoms with Crippen LogP contribution in [0.1, 0.15) is 18.6 Å². The molecule has 0 spiro atoms. The van der Waals surface area contributed by atoms with Gasteiger partial charge in [0.05, 0.1) is 12.5 Å². The summed E-state index contributed by atoms with van der Waals surface area (Å²) in [6.45, 7) is -0.655. The average molecular weight is 344 g/mol. The first-order valence-corrected chi connectivity index (χ1v) is 7.65. The lowest BCUT2D eigenvalue weighted by molar-refractivity contribution is -0.176. The van der Waals surface area contributed by atoms with Gasteiger partial charge in [-0.05, 0) is 18.6 Å². The van der Waals surface area contributed by atoms with Crippen molar-refractivity contribution in [2.75, 3.05) is 6.54 Å². The van der Waals surface area contributed by atoms with E-state index in [4.69, 9.17) is 14.7 Å². The second-order valence-electron chi connectivity index (χ2n) is 4.57. The molecular formula is C11H15F3N2O5S. The fourth-order valence-electron chi connectivity index (χ4n) is 1.65. The number of rotatable bonds is 8. The van der Waals surface area contributed by atoms with E-state index in [2.05, 4.69) is 5.32 Å². The highest BCUT2D eigenvalue weighted by molar-refractivity contribution is 7.89. The minimum Gasteiger partial charge on any atom is -0.481 e. The van der Waals surface area contributed by atoms with E-state index in [9.17, 15) is 26.4 Å². The van der Waals surface area contributed by atoms with Crippen LogP contribution in [0.5, 0.6) is 0 Å². The highest BCUT2D eigenvalue weighted by Gasteiger charge is 2.39. The standard InChI is InChI=1S/C11H15F3N2O5S/c12-11(13,14)7(1-3-9(17)18)5-16-6-8-2-4-10(21-8)22(15,19)20/h2,4,7,16H,1,3,5-6H2,(H,17,18)(H2,15,19,20). The van der Waals surface area contributed by atoms with Gasteiger partial charge < -0.3 is 14.8 Å². The third-order valence-corrected chi connectivity index (χ3v) is 3.56. The van der Waals surface area contributed by atoms with E-state index < -0.39 is 52.6 Å². The summed E-state index contributed by atoms with van der Waals surface area (Å²) in [5, 5.41) is 15.2. The molecule has 0 aromatic carbocycles. The third kappa shape index (κ3) is 6.03. The van der Waals surface area contributed by atoms with Gasteiger partial charge in [-0.2, -0.15) is 13.2 Å². The zero-order valence-electron chi connectivity index (χ0n) is 11.3. The molecule has 1 aromatic rings. The molecule has 11 heteroatoms. The Morgan fingerprint density at radius 1 is 1.41 bits per heavy atom. The summed E-state index contributed by atoms with van der Waals surface area (Å²) < 4.78 is 64.9. The zero-order chi connectivity index (χ0) is 17.0. The van der Waals surface area contributed by atoms with Gasteiger partial charge in [-0.25, -0.2) is 13.6 Å². The van der Waals surface area contributed by atoms with Gasteiger partial charge in [-0.1, -0.05) is 0 Å². The van der Waals surface area contributed by atoms with E-state index in [1.165, 1.54) is 6.07 Å². The molecule has 1 atom stereocenters. The van der Waals surface area contributed by atoms with Gasteiger partial charge in [-0.15, -0.1) is 0 Å². The number of carboxylic acids is 1. The highest BCUT2D eigenvalue weighted by atomic mass is 32.2. The number of sulfonamides is 1. The van der Waals surface area contributed by atoms with Crippen LogP contribution in [-0.4, -0.2) is 32.2 Å². The van der Waals surface area contributed by atoms with Crippen molar-refractivity contribution in [1.82, 2.24) is 5.32 Å². The molecule has 0 bridgehead atoms. The topological polar surface area (TPSA) is 123 Å². The predicted molar refractivity (Wildman–Crippen MR) is 68.2 cm³/mol. The molecule has 7 nitrogen and oxygen atoms in total. The monoisotopic (exact) mass is 344 g/mol. The van der Waals surface area contributed by atoms with Crippen LogP contribution < -0.4 is 10.5 Å². The van der Waals surface area contributed by atoms with Gasteiger partial charge in [0, 0.05) is 13.0 Å². The number of hydrogen-bond donors (Lipinski definition) is 3. The molecule has 0 fully saturated rings. The summed E-state index contributed by atoms with van der Waals surface area (Å²) in [4.78, 5) is 10.4. The van der Waals surface area contributed by atoms with Crippen molar-refractivity contribution in [3.63, 3.8) is 0 Å². The van der Waals surface area contributed by atoms with Crippen LogP contribution in [-0.2, 0) is 21.4 Å². The van der Waals surface area contributed by atoms with E-state index >= 15 is 0 Å². The molecule has 1 rings (SSSR count). The summed E-state index contributed by atoms with van der Waals surface area (Å²) in [6.07, 6.45) is -5.67. The van der Waals surface area contributed by atoms with E-state index in [0.717, 1.165) is 6.07 Å². The van der Waals surface area contributed by atoms with Crippen LogP contribution in [0.2, 0.25) is 0 Å². The van der Waals surface area contributed by atoms with E-state index in [-0.39, 0.29) is 12.3 Å². The quantitative estimate of drug-likeness (QED) is 0.648. The van der Waals surface area contributed by atoms with Crippen LogP contribution in [0.25, 0.3) is 0 Å². The van der Waals surface area contributed by atoms with Gasteiger partial charge in [0.2, 0.25) is 5.09 Å². The first kappa shape index (κ1) is 18.5. The maximum Gasteiger partial charge on any atom is 0.393 e. The fraction of sp³-hybridized carbons (Fsp3) is 0.545. The Balaban J connectivity index is 2.55. The van der Waals surface area contributed by atoms with E-state index in [1.54, 1.807) is 0 Å². The molecular weight excluding hydrogens is 329 g/mol. The smallest absolute Gasteiger partial charge is 0.393 e. The number of nitrogens with two attached hydrogens (primary N) is 1. The van der Waals surface area contributed by atoms with Crippen molar-refractivity contribution in [2.45, 2.75) is 30.7 Å². The third-order valence-electron chi connectivity index (χ3n) is 2.78. The van der Waals surface area contributed by atoms with Crippen molar-refractivity contribution in [3.05, 3.63) is 17.9 Å². The number of carboxylic acid groups (broad SMARTS) is 1. The zero-order valence-corrected chi connectivity index (χ0v) is 12.1. The largest absolute Gasteiger partial charge is 0.481 e. The number of nitrogens with one attached hydrogen (secondary N) is 1. The molecule has 0 radical (unpaired) electrons. The average Bonchev–Trinajstić information content (AvgIpc) is 2.80. The molecule has 0 aliphatic heterocycles. The van der Waals surface area contributed by atoms with Crippen molar-refractivity contribution < 1.29 is 35.9 Å². The molecule has 0 amide bonds. The minimum atomic E-state index is -4.53. The van der Waals surface area contributed by atoms with Crippen molar-refractivity contribution in [2.24, 2.45) is 11.1 Å². The molecule has 0 aliphatic carbocycles. The molecule has 4 N–H and O–H groups in total. The molecule has 126 valence electrons. The second kappa shape index (κ2) is 7.11. The van der Waals surface area contributed by atoms with Crippen LogP contribution in [0.15, 0.2) is 21.6 Å². The summed E-state index contributed by atoms with van der Waals surface area (Å²) in [5.41, 5.74) is 0. The van der Waals surface area contributed by atoms with E-state index in [1.807, 2.05) is 0 Å². The second-order valence-corrected chi connectivity index (χ2v) is 6.06. The number of primary sulfonamides is 1. The molecule has 1 unspecified atom stereocenters. The Labute approximate surface area is 124 Å². The molecule has 0 saturated heterocycles. The van der Waals surface area contributed by atoms with Crippen LogP contribution in [0.4, 0.5) is 13.2 Å². The first-order chi connectivity index (χ1) is 10.00. The lowest BCUT2D eigenvalue weighted by Gasteiger charge is -2.19. The van der Waals surface area contributed by atoms with Crippen molar-refractivity contribution >= 4 is 16.0 Å². The lowest BCUT2D eigenvalue weighted by Crippen LogP contribution is -2.33. The van der Waals surface area contributed by atoms with Gasteiger partial charge in [0.1, 0.15) is 5.76 Å². The number of hydrogen-bond acceptors (Lipinski definition) is 5. The Hall–Kier alpha value is -1.59. The molecule has 1 heterocycles. The predicted octanol–water partition coefficient (Wildman–Crippen LogP) is 1.06. The highest BCUT2D eigenvalue weighted by Crippen LogP contribution is 2.29. The normalized spacial score (nSPS) is 14.0. The maximum absolute atomic E-state index is 12.7. The Morgan fingerprint density at radius 3 is 2.50 bits per heavy atom. The molecule has 22 heavy (non-hydrogen) atoms. The van der Waals surface area contributed by atoms with Gasteiger partial charge in [-0.3, -0.25) is 4.79 Å². The van der Waals surface area contributed by atoms with Crippen molar-refractivity contribution in [3.8, 4) is 0 Å². The lowest BCUT2D eigenvalue weighted by atomic mass is 10.0. The van der Waals surface area contributed by atoms with Crippen LogP contribution >= 0.6 is 0 Å². The number of aliphatic carboxylic acids is 1. The minimum absolute atomic E-state index is 0.100. The van der Waals surface area contributed by atoms with Crippen molar-refractivity contribution in [1.29, 1.82) is 0 Å². The fourth-order valence-corrected chi connectivity index (χ4v) is 2.14. The summed E-state index contributed by atoms with van der Waals surface area (Å²) in [6, 6.07) is 2.37. The number of halogens is 3. The molecule has 0 saturated carbocycles. The summed E-state index contributed by atoms with van der Waals surface area (Å²) >= 11 is 0. The number of carbonyl (C=O) groups is 1. The first-order valence-electron chi connectivity index (χ1n) is 6.11. The van der Waals surface area contributed by atoms with Gasteiger partial charge in [0.25, 0.3) is 10.0 Å². The Morgan fingerprint density at radius 2 is 2.05 bits per heavy atom. The number of alkyl halides is 3. The Kier molecular flexibility index (Phi) is 5.97. The summed E-state index contributed by atoms with van der Waals surface area (Å²) in [7, 11) is -4.00. The number of furan rings is 1. The maximum atomic E-state index is 12.7. The van der Waals surface area contributed by atoms with Gasteiger partial charge in [0.15, 0.2) is 0 Å². The molecule has 1 aromatic heterocycles. The van der Waals surface area contributed by atoms with Crippen LogP contribution in [0, 0.1) is 5.92 Å². The molecule has 0 aliphatic rings. The Bertz CT molecular complexity index is 611. The summed E-state index contributed by atoms with van der Waals surface area (Å²) in [5.74, 6) is -3.03. The SMILES string of the molecule is NS(=O)(=O)c1ccc(CNCC(CCC(=O)O)C(F)(F)F)o1. The van der Waals surface area contributed by atoms with Crippen LogP contribution in [0.3, 0.4) is 0 Å².